The van der Waals surface area contributed by atoms with E-state index >= 15 is 0 Å². The maximum absolute atomic E-state index is 13.5. The third-order valence-corrected chi connectivity index (χ3v) is 4.00. The Hall–Kier alpha value is -2.57. The van der Waals surface area contributed by atoms with Crippen molar-refractivity contribution in [3.05, 3.63) is 15.8 Å². The molecule has 1 fully saturated rings. The standard InChI is InChI=1S/C14H19F3N4O6/c1-8(18-13(22)23)2-7-27-12-10(21(24)25)11(14(15,16)17)20(19-12)9-3-5-26-6-4-9/h8-9,18H,2-7H2,1H3,(H,22,23)/t8-/m1/s1. The number of amides is 1. The third-order valence-electron chi connectivity index (χ3n) is 4.00. The van der Waals surface area contributed by atoms with Crippen molar-refractivity contribution in [2.45, 2.75) is 44.4 Å². The Bertz CT molecular complexity index is 687. The number of hydrogen-bond donors (Lipinski definition) is 2. The molecule has 1 aliphatic heterocycles. The highest BCUT2D eigenvalue weighted by molar-refractivity contribution is 5.64. The van der Waals surface area contributed by atoms with Gasteiger partial charge in [0.2, 0.25) is 5.69 Å². The molecule has 0 radical (unpaired) electrons. The predicted octanol–water partition coefficient (Wildman–Crippen LogP) is 2.59. The lowest BCUT2D eigenvalue weighted by atomic mass is 10.1. The first kappa shape index (κ1) is 20.7. The number of hydrogen-bond acceptors (Lipinski definition) is 6. The summed E-state index contributed by atoms with van der Waals surface area (Å²) in [5.41, 5.74) is -2.71. The zero-order chi connectivity index (χ0) is 20.2. The first-order valence-corrected chi connectivity index (χ1v) is 8.15. The van der Waals surface area contributed by atoms with E-state index in [1.54, 1.807) is 0 Å². The number of ether oxygens (including phenoxy) is 2. The van der Waals surface area contributed by atoms with Crippen molar-refractivity contribution in [2.75, 3.05) is 19.8 Å². The molecule has 0 spiro atoms. The highest BCUT2D eigenvalue weighted by atomic mass is 19.4. The average Bonchev–Trinajstić information content (AvgIpc) is 2.95. The molecule has 27 heavy (non-hydrogen) atoms. The first-order chi connectivity index (χ1) is 12.6. The lowest BCUT2D eigenvalue weighted by Crippen LogP contribution is -2.32. The number of carboxylic acid groups (broad SMARTS) is 1. The number of carbonyl (C=O) groups is 1. The van der Waals surface area contributed by atoms with Gasteiger partial charge in [0, 0.05) is 25.7 Å². The van der Waals surface area contributed by atoms with E-state index in [9.17, 15) is 28.1 Å². The number of alkyl halides is 3. The van der Waals surface area contributed by atoms with Gasteiger partial charge in [-0.3, -0.25) is 10.1 Å². The molecule has 152 valence electrons. The minimum absolute atomic E-state index is 0.0922. The Morgan fingerprint density at radius 3 is 2.67 bits per heavy atom. The second-order valence-electron chi connectivity index (χ2n) is 6.03. The van der Waals surface area contributed by atoms with Gasteiger partial charge < -0.3 is 19.9 Å². The Morgan fingerprint density at radius 2 is 2.15 bits per heavy atom. The molecule has 1 aromatic heterocycles. The maximum atomic E-state index is 13.5. The van der Waals surface area contributed by atoms with Crippen LogP contribution in [0.4, 0.5) is 23.7 Å². The highest BCUT2D eigenvalue weighted by Crippen LogP contribution is 2.43. The molecule has 13 heteroatoms. The van der Waals surface area contributed by atoms with E-state index in [2.05, 4.69) is 10.4 Å². The summed E-state index contributed by atoms with van der Waals surface area (Å²) in [4.78, 5) is 20.6. The molecule has 0 unspecified atom stereocenters. The minimum atomic E-state index is -4.99. The summed E-state index contributed by atoms with van der Waals surface area (Å²) in [6, 6.07) is -1.25. The van der Waals surface area contributed by atoms with Gasteiger partial charge in [-0.05, 0) is 19.8 Å². The number of halogens is 3. The van der Waals surface area contributed by atoms with Gasteiger partial charge in [0.25, 0.3) is 0 Å². The van der Waals surface area contributed by atoms with Crippen LogP contribution < -0.4 is 10.1 Å². The van der Waals surface area contributed by atoms with Crippen LogP contribution in [0.5, 0.6) is 5.88 Å². The Kier molecular flexibility index (Phi) is 6.46. The van der Waals surface area contributed by atoms with E-state index in [1.165, 1.54) is 6.92 Å². The van der Waals surface area contributed by atoms with E-state index in [0.29, 0.717) is 4.68 Å². The molecule has 0 aromatic carbocycles. The Morgan fingerprint density at radius 1 is 1.52 bits per heavy atom. The van der Waals surface area contributed by atoms with Crippen molar-refractivity contribution >= 4 is 11.8 Å². The van der Waals surface area contributed by atoms with Gasteiger partial charge in [-0.15, -0.1) is 5.10 Å². The lowest BCUT2D eigenvalue weighted by Gasteiger charge is -2.24. The van der Waals surface area contributed by atoms with Gasteiger partial charge in [-0.2, -0.15) is 13.2 Å². The quantitative estimate of drug-likeness (QED) is 0.535. The fourth-order valence-electron chi connectivity index (χ4n) is 2.74. The number of nitro groups is 1. The van der Waals surface area contributed by atoms with Crippen molar-refractivity contribution in [3.63, 3.8) is 0 Å². The summed E-state index contributed by atoms with van der Waals surface area (Å²) < 4.78 is 51.4. The summed E-state index contributed by atoms with van der Waals surface area (Å²) in [7, 11) is 0. The molecule has 2 rings (SSSR count). The van der Waals surface area contributed by atoms with E-state index in [-0.39, 0.29) is 39.1 Å². The van der Waals surface area contributed by atoms with Gasteiger partial charge in [0.15, 0.2) is 0 Å². The second kappa shape index (κ2) is 8.41. The molecule has 0 saturated carbocycles. The van der Waals surface area contributed by atoms with Crippen LogP contribution in [0.3, 0.4) is 0 Å². The SMILES string of the molecule is C[C@H](CCOc1nn(C2CCOCC2)c(C(F)(F)F)c1[N+](=O)[O-])NC(=O)O. The maximum Gasteiger partial charge on any atom is 0.440 e. The molecule has 1 aliphatic rings. The number of aromatic nitrogens is 2. The van der Waals surface area contributed by atoms with E-state index < -0.39 is 46.5 Å². The smallest absolute Gasteiger partial charge is 0.440 e. The molecule has 0 bridgehead atoms. The van der Waals surface area contributed by atoms with E-state index in [0.717, 1.165) is 0 Å². The molecule has 10 nitrogen and oxygen atoms in total. The normalized spacial score (nSPS) is 16.7. The van der Waals surface area contributed by atoms with Crippen molar-refractivity contribution in [1.82, 2.24) is 15.1 Å². The Labute approximate surface area is 151 Å². The fraction of sp³-hybridized carbons (Fsp3) is 0.714. The van der Waals surface area contributed by atoms with Crippen molar-refractivity contribution < 1.29 is 37.5 Å². The third kappa shape index (κ3) is 5.21. The van der Waals surface area contributed by atoms with Crippen LogP contribution >= 0.6 is 0 Å². The van der Waals surface area contributed by atoms with Crippen LogP contribution in [0.15, 0.2) is 0 Å². The van der Waals surface area contributed by atoms with Gasteiger partial charge in [0.1, 0.15) is 0 Å². The second-order valence-corrected chi connectivity index (χ2v) is 6.03. The largest absolute Gasteiger partial charge is 0.472 e. The fourth-order valence-corrected chi connectivity index (χ4v) is 2.74. The zero-order valence-electron chi connectivity index (χ0n) is 14.4. The first-order valence-electron chi connectivity index (χ1n) is 8.15. The van der Waals surface area contributed by atoms with E-state index in [4.69, 9.17) is 14.6 Å². The van der Waals surface area contributed by atoms with Crippen LogP contribution in [0.2, 0.25) is 0 Å². The summed E-state index contributed by atoms with van der Waals surface area (Å²) in [5, 5.41) is 25.7. The number of nitrogens with one attached hydrogen (secondary N) is 1. The molecule has 1 saturated heterocycles. The minimum Gasteiger partial charge on any atom is -0.472 e. The summed E-state index contributed by atoms with van der Waals surface area (Å²) in [5.74, 6) is -0.735. The molecule has 1 aromatic rings. The van der Waals surface area contributed by atoms with Crippen LogP contribution in [-0.2, 0) is 10.9 Å². The van der Waals surface area contributed by atoms with Crippen LogP contribution in [0, 0.1) is 10.1 Å². The lowest BCUT2D eigenvalue weighted by molar-refractivity contribution is -0.389. The Balaban J connectivity index is 2.29. The zero-order valence-corrected chi connectivity index (χ0v) is 14.4. The van der Waals surface area contributed by atoms with Crippen LogP contribution in [0.25, 0.3) is 0 Å². The molecule has 1 atom stereocenters. The van der Waals surface area contributed by atoms with Crippen LogP contribution in [0.1, 0.15) is 37.9 Å². The average molecular weight is 396 g/mol. The van der Waals surface area contributed by atoms with Gasteiger partial charge in [-0.25, -0.2) is 9.48 Å². The molecule has 0 aliphatic carbocycles. The van der Waals surface area contributed by atoms with Gasteiger partial charge in [0.05, 0.1) is 17.6 Å². The van der Waals surface area contributed by atoms with E-state index in [1.807, 2.05) is 0 Å². The predicted molar refractivity (Wildman–Crippen MR) is 83.7 cm³/mol. The molecule has 2 heterocycles. The molecular weight excluding hydrogens is 377 g/mol. The summed E-state index contributed by atoms with van der Waals surface area (Å²) in [6.45, 7) is 1.73. The summed E-state index contributed by atoms with van der Waals surface area (Å²) in [6.07, 6.45) is -5.69. The van der Waals surface area contributed by atoms with Gasteiger partial charge >= 0.3 is 23.8 Å². The number of rotatable bonds is 7. The van der Waals surface area contributed by atoms with Crippen LogP contribution in [-0.4, -0.2) is 51.8 Å². The monoisotopic (exact) mass is 396 g/mol. The molecule has 1 amide bonds. The molecular formula is C14H19F3N4O6. The van der Waals surface area contributed by atoms with Gasteiger partial charge in [-0.1, -0.05) is 0 Å². The number of nitrogens with zero attached hydrogens (tertiary/aromatic N) is 3. The molecule has 2 N–H and O–H groups in total. The topological polar surface area (TPSA) is 129 Å². The van der Waals surface area contributed by atoms with Crippen molar-refractivity contribution in [2.24, 2.45) is 0 Å². The van der Waals surface area contributed by atoms with Crippen molar-refractivity contribution in [1.29, 1.82) is 0 Å². The summed E-state index contributed by atoms with van der Waals surface area (Å²) >= 11 is 0. The van der Waals surface area contributed by atoms with Crippen molar-refractivity contribution in [3.8, 4) is 5.88 Å². The highest BCUT2D eigenvalue weighted by Gasteiger charge is 2.48.